The summed E-state index contributed by atoms with van der Waals surface area (Å²) in [7, 11) is 0. The van der Waals surface area contributed by atoms with E-state index in [1.807, 2.05) is 6.07 Å². The Morgan fingerprint density at radius 3 is 2.59 bits per heavy atom. The van der Waals surface area contributed by atoms with Crippen molar-refractivity contribution in [1.29, 1.82) is 0 Å². The normalized spacial score (nSPS) is 21.6. The van der Waals surface area contributed by atoms with Gasteiger partial charge in [-0.1, -0.05) is 12.1 Å². The molecule has 1 aromatic carbocycles. The number of benzene rings is 1. The third-order valence-corrected chi connectivity index (χ3v) is 4.34. The van der Waals surface area contributed by atoms with Crippen molar-refractivity contribution < 1.29 is 14.2 Å². The first-order valence-electron chi connectivity index (χ1n) is 8.42. The van der Waals surface area contributed by atoms with Crippen molar-refractivity contribution in [2.75, 3.05) is 26.3 Å². The van der Waals surface area contributed by atoms with Crippen LogP contribution < -0.4 is 4.74 Å². The van der Waals surface area contributed by atoms with Crippen LogP contribution in [0.1, 0.15) is 32.3 Å². The molecule has 0 aliphatic carbocycles. The predicted molar refractivity (Wildman–Crippen MR) is 85.9 cm³/mol. The average Bonchev–Trinajstić information content (AvgIpc) is 3.02. The molecule has 0 spiro atoms. The van der Waals surface area contributed by atoms with E-state index in [0.717, 1.165) is 51.4 Å². The van der Waals surface area contributed by atoms with Crippen LogP contribution in [0, 0.1) is 5.92 Å². The molecule has 2 heterocycles. The lowest BCUT2D eigenvalue weighted by atomic mass is 9.96. The Bertz CT molecular complexity index is 463. The number of piperidine rings is 1. The van der Waals surface area contributed by atoms with Crippen LogP contribution in [0.2, 0.25) is 0 Å². The van der Waals surface area contributed by atoms with Gasteiger partial charge in [-0.15, -0.1) is 0 Å². The number of ether oxygens (including phenoxy) is 3. The molecule has 0 aromatic heterocycles. The first kappa shape index (κ1) is 15.8. The standard InChI is InChI=1S/C18H27NO3/c1-14(2)22-17-5-3-4-15(12-17)13-19-8-6-16(7-9-19)18-20-10-11-21-18/h3-5,12,14,16,18H,6-11,13H2,1-2H3. The van der Waals surface area contributed by atoms with Crippen LogP contribution in [0.3, 0.4) is 0 Å². The molecule has 2 aliphatic heterocycles. The highest BCUT2D eigenvalue weighted by molar-refractivity contribution is 5.28. The molecule has 0 amide bonds. The molecule has 2 saturated heterocycles. The van der Waals surface area contributed by atoms with Gasteiger partial charge in [0.25, 0.3) is 0 Å². The van der Waals surface area contributed by atoms with Crippen molar-refractivity contribution in [1.82, 2.24) is 4.90 Å². The highest BCUT2D eigenvalue weighted by Gasteiger charge is 2.30. The van der Waals surface area contributed by atoms with Crippen LogP contribution in [0.4, 0.5) is 0 Å². The number of hydrogen-bond donors (Lipinski definition) is 0. The second-order valence-electron chi connectivity index (χ2n) is 6.54. The zero-order chi connectivity index (χ0) is 15.4. The molecule has 2 aliphatic rings. The molecular formula is C18H27NO3. The van der Waals surface area contributed by atoms with E-state index < -0.39 is 0 Å². The molecule has 22 heavy (non-hydrogen) atoms. The molecule has 4 nitrogen and oxygen atoms in total. The summed E-state index contributed by atoms with van der Waals surface area (Å²) < 4.78 is 17.1. The van der Waals surface area contributed by atoms with E-state index in [-0.39, 0.29) is 12.4 Å². The zero-order valence-corrected chi connectivity index (χ0v) is 13.7. The number of hydrogen-bond acceptors (Lipinski definition) is 4. The molecule has 3 rings (SSSR count). The van der Waals surface area contributed by atoms with Crippen LogP contribution in [0.5, 0.6) is 5.75 Å². The van der Waals surface area contributed by atoms with Gasteiger partial charge < -0.3 is 14.2 Å². The van der Waals surface area contributed by atoms with Gasteiger partial charge in [0.2, 0.25) is 0 Å². The van der Waals surface area contributed by atoms with Crippen LogP contribution in [-0.2, 0) is 16.0 Å². The van der Waals surface area contributed by atoms with Crippen molar-refractivity contribution in [3.8, 4) is 5.75 Å². The molecule has 0 radical (unpaired) electrons. The van der Waals surface area contributed by atoms with Gasteiger partial charge in [0, 0.05) is 12.5 Å². The summed E-state index contributed by atoms with van der Waals surface area (Å²) in [5.41, 5.74) is 1.32. The number of rotatable bonds is 5. The predicted octanol–water partition coefficient (Wildman–Crippen LogP) is 3.06. The molecule has 4 heteroatoms. The lowest BCUT2D eigenvalue weighted by molar-refractivity contribution is -0.0977. The van der Waals surface area contributed by atoms with Crippen LogP contribution in [0.25, 0.3) is 0 Å². The Kier molecular flexibility index (Phi) is 5.34. The highest BCUT2D eigenvalue weighted by atomic mass is 16.7. The quantitative estimate of drug-likeness (QED) is 0.836. The summed E-state index contributed by atoms with van der Waals surface area (Å²) in [4.78, 5) is 2.51. The second-order valence-corrected chi connectivity index (χ2v) is 6.54. The summed E-state index contributed by atoms with van der Waals surface area (Å²) in [6.45, 7) is 8.86. The Balaban J connectivity index is 1.50. The smallest absolute Gasteiger partial charge is 0.160 e. The molecule has 122 valence electrons. The number of likely N-dealkylation sites (tertiary alicyclic amines) is 1. The van der Waals surface area contributed by atoms with Crippen LogP contribution >= 0.6 is 0 Å². The molecule has 0 N–H and O–H groups in total. The van der Waals surface area contributed by atoms with Gasteiger partial charge in [0.05, 0.1) is 19.3 Å². The monoisotopic (exact) mass is 305 g/mol. The minimum Gasteiger partial charge on any atom is -0.491 e. The molecule has 0 unspecified atom stereocenters. The third kappa shape index (κ3) is 4.22. The van der Waals surface area contributed by atoms with E-state index in [1.165, 1.54) is 5.56 Å². The van der Waals surface area contributed by atoms with Crippen molar-refractivity contribution >= 4 is 0 Å². The van der Waals surface area contributed by atoms with Gasteiger partial charge in [-0.25, -0.2) is 0 Å². The largest absolute Gasteiger partial charge is 0.491 e. The van der Waals surface area contributed by atoms with Gasteiger partial charge >= 0.3 is 0 Å². The Morgan fingerprint density at radius 1 is 1.18 bits per heavy atom. The van der Waals surface area contributed by atoms with Crippen molar-refractivity contribution in [2.24, 2.45) is 5.92 Å². The Labute approximate surface area is 133 Å². The van der Waals surface area contributed by atoms with Crippen molar-refractivity contribution in [3.63, 3.8) is 0 Å². The minimum absolute atomic E-state index is 0.0462. The van der Waals surface area contributed by atoms with E-state index in [9.17, 15) is 0 Å². The molecular weight excluding hydrogens is 278 g/mol. The minimum atomic E-state index is 0.0462. The fraction of sp³-hybridized carbons (Fsp3) is 0.667. The Morgan fingerprint density at radius 2 is 1.91 bits per heavy atom. The lowest BCUT2D eigenvalue weighted by Crippen LogP contribution is -2.37. The first-order chi connectivity index (χ1) is 10.7. The maximum absolute atomic E-state index is 5.78. The summed E-state index contributed by atoms with van der Waals surface area (Å²) in [5, 5.41) is 0. The second kappa shape index (κ2) is 7.44. The maximum atomic E-state index is 5.78. The average molecular weight is 305 g/mol. The molecule has 2 fully saturated rings. The maximum Gasteiger partial charge on any atom is 0.160 e. The molecule has 0 bridgehead atoms. The lowest BCUT2D eigenvalue weighted by Gasteiger charge is -2.33. The summed E-state index contributed by atoms with van der Waals surface area (Å²) >= 11 is 0. The van der Waals surface area contributed by atoms with E-state index >= 15 is 0 Å². The van der Waals surface area contributed by atoms with E-state index in [1.54, 1.807) is 0 Å². The topological polar surface area (TPSA) is 30.9 Å². The van der Waals surface area contributed by atoms with Gasteiger partial charge in [0.1, 0.15) is 5.75 Å². The first-order valence-corrected chi connectivity index (χ1v) is 8.42. The van der Waals surface area contributed by atoms with Gasteiger partial charge in [-0.2, -0.15) is 0 Å². The summed E-state index contributed by atoms with van der Waals surface area (Å²) in [6, 6.07) is 8.46. The van der Waals surface area contributed by atoms with Gasteiger partial charge in [0.15, 0.2) is 6.29 Å². The summed E-state index contributed by atoms with van der Waals surface area (Å²) in [5.74, 6) is 1.53. The molecule has 0 atom stereocenters. The zero-order valence-electron chi connectivity index (χ0n) is 13.7. The van der Waals surface area contributed by atoms with Gasteiger partial charge in [-0.3, -0.25) is 4.90 Å². The fourth-order valence-corrected chi connectivity index (χ4v) is 3.28. The number of nitrogens with zero attached hydrogens (tertiary/aromatic N) is 1. The van der Waals surface area contributed by atoms with Crippen molar-refractivity contribution in [2.45, 2.75) is 45.6 Å². The molecule has 0 saturated carbocycles. The highest BCUT2D eigenvalue weighted by Crippen LogP contribution is 2.27. The van der Waals surface area contributed by atoms with Crippen LogP contribution in [0.15, 0.2) is 24.3 Å². The SMILES string of the molecule is CC(C)Oc1cccc(CN2CCC(C3OCCO3)CC2)c1. The van der Waals surface area contributed by atoms with Gasteiger partial charge in [-0.05, 0) is 57.5 Å². The van der Waals surface area contributed by atoms with Crippen LogP contribution in [-0.4, -0.2) is 43.6 Å². The summed E-state index contributed by atoms with van der Waals surface area (Å²) in [6.07, 6.45) is 2.59. The Hall–Kier alpha value is -1.10. The third-order valence-electron chi connectivity index (χ3n) is 4.34. The van der Waals surface area contributed by atoms with E-state index in [0.29, 0.717) is 5.92 Å². The van der Waals surface area contributed by atoms with E-state index in [2.05, 4.69) is 36.9 Å². The fourth-order valence-electron chi connectivity index (χ4n) is 3.28. The van der Waals surface area contributed by atoms with E-state index in [4.69, 9.17) is 14.2 Å². The molecule has 1 aromatic rings. The van der Waals surface area contributed by atoms with Crippen molar-refractivity contribution in [3.05, 3.63) is 29.8 Å².